The molecule has 2 aromatic carbocycles. The topological polar surface area (TPSA) is 57.5 Å². The average Bonchev–Trinajstić information content (AvgIpc) is 2.41. The van der Waals surface area contributed by atoms with Crippen molar-refractivity contribution in [2.45, 2.75) is 6.92 Å². The maximum Gasteiger partial charge on any atom is 0.336 e. The standard InChI is InChI=1S/C16H13FO3/c1-10-2-5-12(9-15(10)17)14(16(19)20)8-11-3-6-13(18)7-4-11/h2-9,18H,1H3,(H,19,20)/b14-8-. The summed E-state index contributed by atoms with van der Waals surface area (Å²) in [5, 5.41) is 18.5. The third-order valence-corrected chi connectivity index (χ3v) is 2.92. The summed E-state index contributed by atoms with van der Waals surface area (Å²) in [4.78, 5) is 11.3. The normalized spacial score (nSPS) is 11.4. The highest BCUT2D eigenvalue weighted by Crippen LogP contribution is 2.22. The third kappa shape index (κ3) is 3.03. The maximum absolute atomic E-state index is 13.5. The van der Waals surface area contributed by atoms with Crippen molar-refractivity contribution in [3.63, 3.8) is 0 Å². The molecule has 0 aliphatic heterocycles. The van der Waals surface area contributed by atoms with Crippen LogP contribution in [-0.2, 0) is 4.79 Å². The van der Waals surface area contributed by atoms with Gasteiger partial charge in [0.05, 0.1) is 5.57 Å². The second-order valence-corrected chi connectivity index (χ2v) is 4.42. The van der Waals surface area contributed by atoms with Crippen LogP contribution in [0.25, 0.3) is 11.6 Å². The van der Waals surface area contributed by atoms with E-state index in [1.165, 1.54) is 30.3 Å². The van der Waals surface area contributed by atoms with E-state index in [2.05, 4.69) is 0 Å². The summed E-state index contributed by atoms with van der Waals surface area (Å²) in [6, 6.07) is 10.4. The van der Waals surface area contributed by atoms with Crippen LogP contribution in [0.1, 0.15) is 16.7 Å². The molecule has 0 amide bonds. The summed E-state index contributed by atoms with van der Waals surface area (Å²) in [5.74, 6) is -1.48. The molecule has 2 aromatic rings. The summed E-state index contributed by atoms with van der Waals surface area (Å²) < 4.78 is 13.5. The maximum atomic E-state index is 13.5. The van der Waals surface area contributed by atoms with E-state index >= 15 is 0 Å². The second-order valence-electron chi connectivity index (χ2n) is 4.42. The highest BCUT2D eigenvalue weighted by Gasteiger charge is 2.12. The Balaban J connectivity index is 2.48. The third-order valence-electron chi connectivity index (χ3n) is 2.92. The Bertz CT molecular complexity index is 673. The Kier molecular flexibility index (Phi) is 3.84. The van der Waals surface area contributed by atoms with Gasteiger partial charge in [0.25, 0.3) is 0 Å². The predicted molar refractivity (Wildman–Crippen MR) is 74.8 cm³/mol. The number of carboxylic acids is 1. The summed E-state index contributed by atoms with van der Waals surface area (Å²) in [6.07, 6.45) is 1.44. The Morgan fingerprint density at radius 2 is 1.80 bits per heavy atom. The van der Waals surface area contributed by atoms with Gasteiger partial charge in [0.1, 0.15) is 11.6 Å². The van der Waals surface area contributed by atoms with Crippen LogP contribution in [0, 0.1) is 12.7 Å². The molecule has 102 valence electrons. The number of hydrogen-bond acceptors (Lipinski definition) is 2. The van der Waals surface area contributed by atoms with Gasteiger partial charge in [-0.3, -0.25) is 0 Å². The first-order valence-corrected chi connectivity index (χ1v) is 5.98. The first kappa shape index (κ1) is 13.8. The molecule has 0 unspecified atom stereocenters. The summed E-state index contributed by atoms with van der Waals surface area (Å²) in [5.41, 5.74) is 1.37. The zero-order valence-electron chi connectivity index (χ0n) is 10.8. The number of aromatic hydroxyl groups is 1. The number of aliphatic carboxylic acids is 1. The number of aryl methyl sites for hydroxylation is 1. The van der Waals surface area contributed by atoms with Crippen LogP contribution < -0.4 is 0 Å². The lowest BCUT2D eigenvalue weighted by molar-refractivity contribution is -0.130. The first-order valence-electron chi connectivity index (χ1n) is 5.98. The van der Waals surface area contributed by atoms with E-state index in [-0.39, 0.29) is 11.3 Å². The number of phenolic OH excluding ortho intramolecular Hbond substituents is 1. The van der Waals surface area contributed by atoms with Gasteiger partial charge >= 0.3 is 5.97 Å². The van der Waals surface area contributed by atoms with Crippen LogP contribution in [0.2, 0.25) is 0 Å². The fourth-order valence-corrected chi connectivity index (χ4v) is 1.77. The first-order chi connectivity index (χ1) is 9.47. The van der Waals surface area contributed by atoms with Gasteiger partial charge in [-0.25, -0.2) is 9.18 Å². The van der Waals surface area contributed by atoms with Crippen molar-refractivity contribution < 1.29 is 19.4 Å². The van der Waals surface area contributed by atoms with Crippen molar-refractivity contribution in [1.82, 2.24) is 0 Å². The van der Waals surface area contributed by atoms with Gasteiger partial charge in [-0.2, -0.15) is 0 Å². The molecule has 0 radical (unpaired) electrons. The average molecular weight is 272 g/mol. The van der Waals surface area contributed by atoms with E-state index in [9.17, 15) is 19.4 Å². The van der Waals surface area contributed by atoms with E-state index in [0.29, 0.717) is 16.7 Å². The Morgan fingerprint density at radius 3 is 2.35 bits per heavy atom. The van der Waals surface area contributed by atoms with E-state index < -0.39 is 11.8 Å². The number of carbonyl (C=O) groups is 1. The largest absolute Gasteiger partial charge is 0.508 e. The highest BCUT2D eigenvalue weighted by atomic mass is 19.1. The van der Waals surface area contributed by atoms with Crippen molar-refractivity contribution in [3.8, 4) is 5.75 Å². The summed E-state index contributed by atoms with van der Waals surface area (Å²) >= 11 is 0. The summed E-state index contributed by atoms with van der Waals surface area (Å²) in [7, 11) is 0. The molecule has 0 aliphatic carbocycles. The molecule has 20 heavy (non-hydrogen) atoms. The minimum atomic E-state index is -1.14. The second kappa shape index (κ2) is 5.57. The Hall–Kier alpha value is -2.62. The molecule has 0 fully saturated rings. The quantitative estimate of drug-likeness (QED) is 0.664. The minimum Gasteiger partial charge on any atom is -0.508 e. The smallest absolute Gasteiger partial charge is 0.336 e. The van der Waals surface area contributed by atoms with Gasteiger partial charge in [-0.05, 0) is 47.9 Å². The van der Waals surface area contributed by atoms with Crippen molar-refractivity contribution >= 4 is 17.6 Å². The van der Waals surface area contributed by atoms with Crippen molar-refractivity contribution in [2.24, 2.45) is 0 Å². The Labute approximate surface area is 115 Å². The molecule has 3 nitrogen and oxygen atoms in total. The molecule has 0 saturated heterocycles. The highest BCUT2D eigenvalue weighted by molar-refractivity contribution is 6.20. The molecule has 2 N–H and O–H groups in total. The number of carboxylic acid groups (broad SMARTS) is 1. The molecule has 0 heterocycles. The minimum absolute atomic E-state index is 0.00501. The van der Waals surface area contributed by atoms with Crippen LogP contribution in [0.15, 0.2) is 42.5 Å². The fourth-order valence-electron chi connectivity index (χ4n) is 1.77. The SMILES string of the molecule is Cc1ccc(/C(=C/c2ccc(O)cc2)C(=O)O)cc1F. The molecular formula is C16H13FO3. The number of rotatable bonds is 3. The molecule has 2 rings (SSSR count). The number of halogens is 1. The molecule has 0 bridgehead atoms. The Morgan fingerprint density at radius 1 is 1.15 bits per heavy atom. The van der Waals surface area contributed by atoms with Crippen molar-refractivity contribution in [1.29, 1.82) is 0 Å². The molecule has 0 spiro atoms. The van der Waals surface area contributed by atoms with Gasteiger partial charge in [-0.1, -0.05) is 24.3 Å². The lowest BCUT2D eigenvalue weighted by Crippen LogP contribution is -2.00. The number of phenols is 1. The lowest BCUT2D eigenvalue weighted by Gasteiger charge is -2.05. The molecule has 4 heteroatoms. The lowest BCUT2D eigenvalue weighted by atomic mass is 10.0. The predicted octanol–water partition coefficient (Wildman–Crippen LogP) is 3.46. The van der Waals surface area contributed by atoms with E-state index in [4.69, 9.17) is 0 Å². The molecular weight excluding hydrogens is 259 g/mol. The van der Waals surface area contributed by atoms with Gasteiger partial charge in [0, 0.05) is 0 Å². The molecule has 0 saturated carbocycles. The van der Waals surface area contributed by atoms with E-state index in [0.717, 1.165) is 0 Å². The molecule has 0 aromatic heterocycles. The van der Waals surface area contributed by atoms with Crippen molar-refractivity contribution in [3.05, 3.63) is 65.0 Å². The fraction of sp³-hybridized carbons (Fsp3) is 0.0625. The van der Waals surface area contributed by atoms with Gasteiger partial charge < -0.3 is 10.2 Å². The zero-order valence-corrected chi connectivity index (χ0v) is 10.8. The number of hydrogen-bond donors (Lipinski definition) is 2. The summed E-state index contributed by atoms with van der Waals surface area (Å²) in [6.45, 7) is 1.61. The van der Waals surface area contributed by atoms with Crippen LogP contribution in [0.4, 0.5) is 4.39 Å². The zero-order chi connectivity index (χ0) is 14.7. The van der Waals surface area contributed by atoms with Crippen LogP contribution in [-0.4, -0.2) is 16.2 Å². The van der Waals surface area contributed by atoms with E-state index in [1.54, 1.807) is 25.1 Å². The van der Waals surface area contributed by atoms with Gasteiger partial charge in [-0.15, -0.1) is 0 Å². The number of benzene rings is 2. The molecule has 0 atom stereocenters. The van der Waals surface area contributed by atoms with Gasteiger partial charge in [0.15, 0.2) is 0 Å². The molecule has 0 aliphatic rings. The van der Waals surface area contributed by atoms with Crippen LogP contribution >= 0.6 is 0 Å². The van der Waals surface area contributed by atoms with Crippen LogP contribution in [0.3, 0.4) is 0 Å². The van der Waals surface area contributed by atoms with Crippen molar-refractivity contribution in [2.75, 3.05) is 0 Å². The van der Waals surface area contributed by atoms with Crippen LogP contribution in [0.5, 0.6) is 5.75 Å². The van der Waals surface area contributed by atoms with E-state index in [1.807, 2.05) is 0 Å². The van der Waals surface area contributed by atoms with Gasteiger partial charge in [0.2, 0.25) is 0 Å². The monoisotopic (exact) mass is 272 g/mol.